The number of unbranched alkanes of at least 4 members (excludes halogenated alkanes) is 1. The first kappa shape index (κ1) is 15.2. The van der Waals surface area contributed by atoms with Crippen molar-refractivity contribution in [3.8, 4) is 0 Å². The van der Waals surface area contributed by atoms with Gasteiger partial charge in [0, 0.05) is 18.5 Å². The van der Waals surface area contributed by atoms with Crippen LogP contribution in [0.25, 0.3) is 0 Å². The Balaban J connectivity index is 2.60. The van der Waals surface area contributed by atoms with E-state index < -0.39 is 10.0 Å². The molecule has 0 aromatic carbocycles. The Bertz CT molecular complexity index is 302. The Morgan fingerprint density at radius 3 is 2.41 bits per heavy atom. The van der Waals surface area contributed by atoms with Gasteiger partial charge in [0.25, 0.3) is 0 Å². The minimum atomic E-state index is -3.23. The molecule has 0 atom stereocenters. The van der Waals surface area contributed by atoms with Crippen LogP contribution in [0.2, 0.25) is 0 Å². The van der Waals surface area contributed by atoms with Crippen LogP contribution in [0, 0.1) is 0 Å². The Hall–Kier alpha value is 0.160. The second kappa shape index (κ2) is 7.56. The van der Waals surface area contributed by atoms with E-state index in [0.29, 0.717) is 12.3 Å². The number of hydrogen-bond acceptors (Lipinski definition) is 3. The van der Waals surface area contributed by atoms with E-state index in [1.807, 2.05) is 0 Å². The van der Waals surface area contributed by atoms with Gasteiger partial charge in [-0.3, -0.25) is 0 Å². The number of aliphatic hydroxyl groups excluding tert-OH is 1. The van der Waals surface area contributed by atoms with E-state index in [0.717, 1.165) is 32.1 Å². The lowest BCUT2D eigenvalue weighted by Gasteiger charge is -2.27. The fourth-order valence-corrected chi connectivity index (χ4v) is 4.35. The zero-order valence-corrected chi connectivity index (χ0v) is 11.7. The van der Waals surface area contributed by atoms with E-state index in [4.69, 9.17) is 16.7 Å². The van der Waals surface area contributed by atoms with Gasteiger partial charge in [-0.2, -0.15) is 4.31 Å². The molecule has 4 nitrogen and oxygen atoms in total. The van der Waals surface area contributed by atoms with Crippen molar-refractivity contribution < 1.29 is 13.5 Å². The summed E-state index contributed by atoms with van der Waals surface area (Å²) in [6.07, 6.45) is 5.34. The molecule has 102 valence electrons. The highest BCUT2D eigenvalue weighted by Crippen LogP contribution is 2.25. The van der Waals surface area contributed by atoms with Crippen LogP contribution in [-0.4, -0.2) is 48.7 Å². The summed E-state index contributed by atoms with van der Waals surface area (Å²) in [6, 6.07) is 0.100. The molecule has 17 heavy (non-hydrogen) atoms. The Kier molecular flexibility index (Phi) is 6.77. The summed E-state index contributed by atoms with van der Waals surface area (Å²) in [5, 5.41) is 9.00. The molecule has 0 saturated heterocycles. The minimum absolute atomic E-state index is 0.100. The van der Waals surface area contributed by atoms with E-state index in [-0.39, 0.29) is 24.9 Å². The third-order valence-corrected chi connectivity index (χ3v) is 5.46. The fraction of sp³-hybridized carbons (Fsp3) is 1.00. The number of sulfonamides is 1. The van der Waals surface area contributed by atoms with Gasteiger partial charge in [0.1, 0.15) is 0 Å². The summed E-state index contributed by atoms with van der Waals surface area (Å²) in [5.74, 6) is 0.648. The third-order valence-electron chi connectivity index (χ3n) is 3.20. The van der Waals surface area contributed by atoms with Crippen LogP contribution in [-0.2, 0) is 10.0 Å². The van der Waals surface area contributed by atoms with Crippen LogP contribution in [0.15, 0.2) is 0 Å². The lowest BCUT2D eigenvalue weighted by Crippen LogP contribution is -2.41. The highest BCUT2D eigenvalue weighted by atomic mass is 35.5. The van der Waals surface area contributed by atoms with Crippen molar-refractivity contribution in [3.63, 3.8) is 0 Å². The Morgan fingerprint density at radius 2 is 1.88 bits per heavy atom. The first-order chi connectivity index (χ1) is 8.11. The molecule has 0 radical (unpaired) electrons. The number of alkyl halides is 1. The SMILES string of the molecule is O=S(=O)(CCCCCl)N(CCO)C1CCCC1. The average Bonchev–Trinajstić information content (AvgIpc) is 2.79. The molecule has 0 aromatic rings. The van der Waals surface area contributed by atoms with Gasteiger partial charge in [0.2, 0.25) is 10.0 Å². The number of hydrogen-bond donors (Lipinski definition) is 1. The predicted octanol–water partition coefficient (Wildman–Crippen LogP) is 1.57. The highest BCUT2D eigenvalue weighted by molar-refractivity contribution is 7.89. The molecule has 0 spiro atoms. The topological polar surface area (TPSA) is 57.6 Å². The van der Waals surface area contributed by atoms with Gasteiger partial charge in [0.05, 0.1) is 12.4 Å². The second-order valence-electron chi connectivity index (χ2n) is 4.48. The van der Waals surface area contributed by atoms with Crippen LogP contribution in [0.5, 0.6) is 0 Å². The van der Waals surface area contributed by atoms with Crippen molar-refractivity contribution in [3.05, 3.63) is 0 Å². The van der Waals surface area contributed by atoms with Crippen LogP contribution >= 0.6 is 11.6 Å². The summed E-state index contributed by atoms with van der Waals surface area (Å²) in [6.45, 7) is 0.124. The molecule has 1 rings (SSSR count). The standard InChI is InChI=1S/C11H22ClNO3S/c12-7-3-4-10-17(15,16)13(8-9-14)11-5-1-2-6-11/h11,14H,1-10H2. The van der Waals surface area contributed by atoms with E-state index >= 15 is 0 Å². The summed E-state index contributed by atoms with van der Waals surface area (Å²) in [7, 11) is -3.23. The Morgan fingerprint density at radius 1 is 1.24 bits per heavy atom. The van der Waals surface area contributed by atoms with Gasteiger partial charge in [-0.15, -0.1) is 11.6 Å². The number of halogens is 1. The van der Waals surface area contributed by atoms with Crippen molar-refractivity contribution >= 4 is 21.6 Å². The molecule has 1 saturated carbocycles. The molecular formula is C11H22ClNO3S. The predicted molar refractivity (Wildman–Crippen MR) is 69.8 cm³/mol. The molecule has 1 N–H and O–H groups in total. The number of rotatable bonds is 8. The first-order valence-corrected chi connectivity index (χ1v) is 8.42. The van der Waals surface area contributed by atoms with E-state index in [1.165, 1.54) is 4.31 Å². The van der Waals surface area contributed by atoms with Gasteiger partial charge in [-0.1, -0.05) is 12.8 Å². The fourth-order valence-electron chi connectivity index (χ4n) is 2.34. The second-order valence-corrected chi connectivity index (χ2v) is 6.90. The minimum Gasteiger partial charge on any atom is -0.395 e. The molecule has 0 amide bonds. The zero-order valence-electron chi connectivity index (χ0n) is 10.1. The largest absolute Gasteiger partial charge is 0.395 e. The molecule has 0 bridgehead atoms. The average molecular weight is 284 g/mol. The first-order valence-electron chi connectivity index (χ1n) is 6.28. The summed E-state index contributed by atoms with van der Waals surface area (Å²) in [5.41, 5.74) is 0. The van der Waals surface area contributed by atoms with Gasteiger partial charge < -0.3 is 5.11 Å². The van der Waals surface area contributed by atoms with Crippen molar-refractivity contribution in [2.45, 2.75) is 44.6 Å². The molecule has 1 aliphatic carbocycles. The quantitative estimate of drug-likeness (QED) is 0.543. The van der Waals surface area contributed by atoms with Crippen molar-refractivity contribution in [2.24, 2.45) is 0 Å². The van der Waals surface area contributed by atoms with Crippen molar-refractivity contribution in [2.75, 3.05) is 24.8 Å². The molecule has 6 heteroatoms. The maximum atomic E-state index is 12.2. The van der Waals surface area contributed by atoms with Crippen LogP contribution in [0.4, 0.5) is 0 Å². The van der Waals surface area contributed by atoms with Crippen LogP contribution in [0.3, 0.4) is 0 Å². The summed E-state index contributed by atoms with van der Waals surface area (Å²) >= 11 is 5.55. The number of nitrogens with zero attached hydrogens (tertiary/aromatic N) is 1. The lowest BCUT2D eigenvalue weighted by atomic mass is 10.2. The van der Waals surface area contributed by atoms with Crippen molar-refractivity contribution in [1.29, 1.82) is 0 Å². The maximum absolute atomic E-state index is 12.2. The normalized spacial score (nSPS) is 18.1. The Labute approximate surface area is 109 Å². The molecular weight excluding hydrogens is 262 g/mol. The molecule has 0 aromatic heterocycles. The smallest absolute Gasteiger partial charge is 0.214 e. The highest BCUT2D eigenvalue weighted by Gasteiger charge is 2.30. The van der Waals surface area contributed by atoms with Gasteiger partial charge in [-0.05, 0) is 25.7 Å². The van der Waals surface area contributed by atoms with E-state index in [9.17, 15) is 8.42 Å². The summed E-state index contributed by atoms with van der Waals surface area (Å²) < 4.78 is 25.8. The van der Waals surface area contributed by atoms with Gasteiger partial charge >= 0.3 is 0 Å². The lowest BCUT2D eigenvalue weighted by molar-refractivity contribution is 0.226. The molecule has 0 aliphatic heterocycles. The monoisotopic (exact) mass is 283 g/mol. The van der Waals surface area contributed by atoms with Crippen molar-refractivity contribution in [1.82, 2.24) is 4.31 Å². The van der Waals surface area contributed by atoms with E-state index in [2.05, 4.69) is 0 Å². The van der Waals surface area contributed by atoms with Gasteiger partial charge in [0.15, 0.2) is 0 Å². The molecule has 0 unspecified atom stereocenters. The number of aliphatic hydroxyl groups is 1. The van der Waals surface area contributed by atoms with Crippen LogP contribution in [0.1, 0.15) is 38.5 Å². The zero-order chi connectivity index (χ0) is 12.7. The van der Waals surface area contributed by atoms with E-state index in [1.54, 1.807) is 0 Å². The molecule has 1 fully saturated rings. The molecule has 0 heterocycles. The summed E-state index contributed by atoms with van der Waals surface area (Å²) in [4.78, 5) is 0. The maximum Gasteiger partial charge on any atom is 0.214 e. The third kappa shape index (κ3) is 4.73. The van der Waals surface area contributed by atoms with Gasteiger partial charge in [-0.25, -0.2) is 8.42 Å². The molecule has 1 aliphatic rings. The van der Waals surface area contributed by atoms with Crippen LogP contribution < -0.4 is 0 Å².